The van der Waals surface area contributed by atoms with Crippen molar-refractivity contribution in [3.05, 3.63) is 24.3 Å². The molecule has 16 heavy (non-hydrogen) atoms. The molecule has 0 spiro atoms. The van der Waals surface area contributed by atoms with Gasteiger partial charge in [-0.3, -0.25) is 4.79 Å². The standard InChI is InChI=1S/C11H14N2O2S/c1-13(11(14)7-10(12)16)8-3-5-9(15-2)6-4-8/h3-6H,7H2,1-2H3,(H2,12,16). The van der Waals surface area contributed by atoms with Gasteiger partial charge < -0.3 is 15.4 Å². The van der Waals surface area contributed by atoms with E-state index >= 15 is 0 Å². The topological polar surface area (TPSA) is 55.6 Å². The number of carbonyl (C=O) groups is 1. The number of hydrogen-bond acceptors (Lipinski definition) is 3. The molecule has 5 heteroatoms. The molecule has 0 saturated carbocycles. The van der Waals surface area contributed by atoms with Crippen LogP contribution in [0, 0.1) is 0 Å². The number of rotatable bonds is 4. The van der Waals surface area contributed by atoms with Crippen molar-refractivity contribution in [3.8, 4) is 5.75 Å². The molecule has 0 bridgehead atoms. The summed E-state index contributed by atoms with van der Waals surface area (Å²) >= 11 is 4.69. The molecular weight excluding hydrogens is 224 g/mol. The average Bonchev–Trinajstić information content (AvgIpc) is 2.27. The summed E-state index contributed by atoms with van der Waals surface area (Å²) in [6.07, 6.45) is 0.0812. The van der Waals surface area contributed by atoms with Crippen LogP contribution >= 0.6 is 12.2 Å². The van der Waals surface area contributed by atoms with Gasteiger partial charge in [0.05, 0.1) is 18.5 Å². The van der Waals surface area contributed by atoms with Crippen LogP contribution in [0.1, 0.15) is 6.42 Å². The van der Waals surface area contributed by atoms with Crippen LogP contribution in [-0.2, 0) is 4.79 Å². The lowest BCUT2D eigenvalue weighted by Crippen LogP contribution is -2.29. The number of hydrogen-bond donors (Lipinski definition) is 1. The van der Waals surface area contributed by atoms with E-state index in [1.54, 1.807) is 38.4 Å². The van der Waals surface area contributed by atoms with Gasteiger partial charge in [-0.15, -0.1) is 0 Å². The maximum atomic E-state index is 11.6. The third-order valence-corrected chi connectivity index (χ3v) is 2.30. The van der Waals surface area contributed by atoms with Gasteiger partial charge in [0.2, 0.25) is 5.91 Å². The second kappa shape index (κ2) is 5.46. The summed E-state index contributed by atoms with van der Waals surface area (Å²) in [7, 11) is 3.28. The molecule has 86 valence electrons. The molecule has 0 unspecified atom stereocenters. The first-order chi connectivity index (χ1) is 7.54. The van der Waals surface area contributed by atoms with Crippen LogP contribution in [0.5, 0.6) is 5.75 Å². The van der Waals surface area contributed by atoms with E-state index in [1.807, 2.05) is 0 Å². The fourth-order valence-electron chi connectivity index (χ4n) is 1.22. The number of amides is 1. The van der Waals surface area contributed by atoms with E-state index in [1.165, 1.54) is 4.90 Å². The molecule has 0 saturated heterocycles. The zero-order valence-corrected chi connectivity index (χ0v) is 10.1. The first kappa shape index (κ1) is 12.4. The van der Waals surface area contributed by atoms with Gasteiger partial charge in [-0.2, -0.15) is 0 Å². The maximum Gasteiger partial charge on any atom is 0.233 e. The van der Waals surface area contributed by atoms with Crippen molar-refractivity contribution in [1.82, 2.24) is 0 Å². The highest BCUT2D eigenvalue weighted by atomic mass is 32.1. The van der Waals surface area contributed by atoms with E-state index in [9.17, 15) is 4.79 Å². The molecule has 0 aromatic heterocycles. The Labute approximate surface area is 100.0 Å². The monoisotopic (exact) mass is 238 g/mol. The van der Waals surface area contributed by atoms with E-state index in [0.717, 1.165) is 11.4 Å². The number of methoxy groups -OCH3 is 1. The van der Waals surface area contributed by atoms with Crippen LogP contribution in [0.4, 0.5) is 5.69 Å². The summed E-state index contributed by atoms with van der Waals surface area (Å²) in [6, 6.07) is 7.19. The maximum absolute atomic E-state index is 11.6. The number of anilines is 1. The lowest BCUT2D eigenvalue weighted by Gasteiger charge is -2.17. The highest BCUT2D eigenvalue weighted by molar-refractivity contribution is 7.80. The molecule has 1 amide bonds. The highest BCUT2D eigenvalue weighted by Gasteiger charge is 2.11. The molecule has 4 nitrogen and oxygen atoms in total. The fraction of sp³-hybridized carbons (Fsp3) is 0.273. The van der Waals surface area contributed by atoms with Crippen molar-refractivity contribution in [2.24, 2.45) is 5.73 Å². The lowest BCUT2D eigenvalue weighted by molar-refractivity contribution is -0.117. The minimum absolute atomic E-state index is 0.0812. The molecule has 0 radical (unpaired) electrons. The van der Waals surface area contributed by atoms with Crippen molar-refractivity contribution in [3.63, 3.8) is 0 Å². The minimum Gasteiger partial charge on any atom is -0.497 e. The zero-order chi connectivity index (χ0) is 12.1. The predicted octanol–water partition coefficient (Wildman–Crippen LogP) is 1.33. The van der Waals surface area contributed by atoms with Gasteiger partial charge in [-0.25, -0.2) is 0 Å². The minimum atomic E-state index is -0.127. The van der Waals surface area contributed by atoms with Crippen LogP contribution in [0.25, 0.3) is 0 Å². The van der Waals surface area contributed by atoms with Gasteiger partial charge in [0.1, 0.15) is 5.75 Å². The zero-order valence-electron chi connectivity index (χ0n) is 9.27. The summed E-state index contributed by atoms with van der Waals surface area (Å²) in [5.74, 6) is 0.622. The van der Waals surface area contributed by atoms with Crippen molar-refractivity contribution in [1.29, 1.82) is 0 Å². The van der Waals surface area contributed by atoms with Crippen molar-refractivity contribution in [2.75, 3.05) is 19.1 Å². The number of nitrogens with two attached hydrogens (primary N) is 1. The molecule has 1 aromatic carbocycles. The SMILES string of the molecule is COc1ccc(N(C)C(=O)CC(N)=S)cc1. The Morgan fingerprint density at radius 3 is 2.44 bits per heavy atom. The van der Waals surface area contributed by atoms with E-state index in [0.29, 0.717) is 0 Å². The van der Waals surface area contributed by atoms with E-state index in [-0.39, 0.29) is 17.3 Å². The summed E-state index contributed by atoms with van der Waals surface area (Å²) < 4.78 is 5.03. The number of nitrogens with zero attached hydrogens (tertiary/aromatic N) is 1. The predicted molar refractivity (Wildman–Crippen MR) is 67.8 cm³/mol. The van der Waals surface area contributed by atoms with Crippen LogP contribution in [0.15, 0.2) is 24.3 Å². The second-order valence-electron chi connectivity index (χ2n) is 3.29. The summed E-state index contributed by atoms with van der Waals surface area (Å²) in [4.78, 5) is 13.3. The molecule has 0 fully saturated rings. The molecule has 0 aliphatic heterocycles. The van der Waals surface area contributed by atoms with Gasteiger partial charge >= 0.3 is 0 Å². The fourth-order valence-corrected chi connectivity index (χ4v) is 1.34. The summed E-state index contributed by atoms with van der Waals surface area (Å²) in [6.45, 7) is 0. The Bertz CT molecular complexity index is 389. The van der Waals surface area contributed by atoms with E-state index in [2.05, 4.69) is 0 Å². The molecule has 2 N–H and O–H groups in total. The van der Waals surface area contributed by atoms with Crippen molar-refractivity contribution in [2.45, 2.75) is 6.42 Å². The van der Waals surface area contributed by atoms with Gasteiger partial charge in [-0.1, -0.05) is 12.2 Å². The molecule has 0 atom stereocenters. The summed E-state index contributed by atoms with van der Waals surface area (Å²) in [5.41, 5.74) is 6.10. The lowest BCUT2D eigenvalue weighted by atomic mass is 10.2. The number of thiocarbonyl (C=S) groups is 1. The van der Waals surface area contributed by atoms with Crippen LogP contribution in [-0.4, -0.2) is 25.1 Å². The molecule has 0 aliphatic carbocycles. The second-order valence-corrected chi connectivity index (χ2v) is 3.82. The molecular formula is C11H14N2O2S. The Balaban J connectivity index is 2.75. The third kappa shape index (κ3) is 3.20. The van der Waals surface area contributed by atoms with E-state index < -0.39 is 0 Å². The Hall–Kier alpha value is -1.62. The number of ether oxygens (including phenoxy) is 1. The van der Waals surface area contributed by atoms with Gasteiger partial charge in [0.25, 0.3) is 0 Å². The molecule has 1 rings (SSSR count). The van der Waals surface area contributed by atoms with Crippen LogP contribution < -0.4 is 15.4 Å². The highest BCUT2D eigenvalue weighted by Crippen LogP contribution is 2.18. The average molecular weight is 238 g/mol. The Morgan fingerprint density at radius 2 is 2.00 bits per heavy atom. The van der Waals surface area contributed by atoms with Gasteiger partial charge in [0, 0.05) is 12.7 Å². The number of carbonyl (C=O) groups excluding carboxylic acids is 1. The first-order valence-corrected chi connectivity index (χ1v) is 5.14. The Morgan fingerprint density at radius 1 is 1.44 bits per heavy atom. The molecule has 1 aromatic rings. The largest absolute Gasteiger partial charge is 0.497 e. The van der Waals surface area contributed by atoms with Crippen molar-refractivity contribution < 1.29 is 9.53 Å². The smallest absolute Gasteiger partial charge is 0.233 e. The van der Waals surface area contributed by atoms with Crippen LogP contribution in [0.2, 0.25) is 0 Å². The van der Waals surface area contributed by atoms with Gasteiger partial charge in [-0.05, 0) is 24.3 Å². The normalized spacial score (nSPS) is 9.62. The molecule has 0 heterocycles. The summed E-state index contributed by atoms with van der Waals surface area (Å²) in [5, 5.41) is 0. The molecule has 0 aliphatic rings. The quantitative estimate of drug-likeness (QED) is 0.804. The first-order valence-electron chi connectivity index (χ1n) is 4.73. The Kier molecular flexibility index (Phi) is 4.25. The van der Waals surface area contributed by atoms with Gasteiger partial charge in [0.15, 0.2) is 0 Å². The van der Waals surface area contributed by atoms with Crippen LogP contribution in [0.3, 0.4) is 0 Å². The van der Waals surface area contributed by atoms with Crippen molar-refractivity contribution >= 4 is 28.8 Å². The van der Waals surface area contributed by atoms with E-state index in [4.69, 9.17) is 22.7 Å². The number of benzene rings is 1. The third-order valence-electron chi connectivity index (χ3n) is 2.16.